The number of fused-ring (bicyclic) bond motifs is 4. The zero-order valence-corrected chi connectivity index (χ0v) is 19.2. The summed E-state index contributed by atoms with van der Waals surface area (Å²) in [6.07, 6.45) is 0.915. The monoisotopic (exact) mass is 425 g/mol. The van der Waals surface area contributed by atoms with Gasteiger partial charge in [-0.1, -0.05) is 32.0 Å². The van der Waals surface area contributed by atoms with Crippen molar-refractivity contribution in [1.82, 2.24) is 24.1 Å². The van der Waals surface area contributed by atoms with E-state index in [4.69, 9.17) is 15.0 Å². The lowest BCUT2D eigenvalue weighted by molar-refractivity contribution is 0.498. The van der Waals surface area contributed by atoms with Gasteiger partial charge in [0, 0.05) is 12.2 Å². The van der Waals surface area contributed by atoms with Crippen LogP contribution >= 0.6 is 0 Å². The molecule has 5 aromatic rings. The van der Waals surface area contributed by atoms with E-state index in [0.717, 1.165) is 34.3 Å². The quantitative estimate of drug-likeness (QED) is 0.394. The molecule has 0 N–H and O–H groups in total. The Hall–Kier alpha value is -3.54. The lowest BCUT2D eigenvalue weighted by atomic mass is 10.1. The Kier molecular flexibility index (Phi) is 4.81. The Morgan fingerprint density at radius 2 is 1.53 bits per heavy atom. The van der Waals surface area contributed by atoms with Gasteiger partial charge in [-0.25, -0.2) is 15.0 Å². The number of aryl methyl sites for hydroxylation is 3. The lowest BCUT2D eigenvalue weighted by Gasteiger charge is -2.12. The first-order valence-electron chi connectivity index (χ1n) is 11.1. The van der Waals surface area contributed by atoms with Crippen LogP contribution in [0.15, 0.2) is 47.3 Å². The first-order valence-corrected chi connectivity index (χ1v) is 11.1. The van der Waals surface area contributed by atoms with Gasteiger partial charge in [0.1, 0.15) is 16.7 Å². The molecule has 3 aromatic heterocycles. The maximum Gasteiger partial charge on any atom is 0.265 e. The highest BCUT2D eigenvalue weighted by Crippen LogP contribution is 2.29. The topological polar surface area (TPSA) is 65.6 Å². The van der Waals surface area contributed by atoms with Crippen molar-refractivity contribution in [1.29, 1.82) is 0 Å². The summed E-state index contributed by atoms with van der Waals surface area (Å²) in [5.74, 6) is 1.21. The van der Waals surface area contributed by atoms with Gasteiger partial charge < -0.3 is 0 Å². The number of para-hydroxylation sites is 2. The van der Waals surface area contributed by atoms with E-state index >= 15 is 0 Å². The van der Waals surface area contributed by atoms with Crippen molar-refractivity contribution in [3.05, 3.63) is 69.8 Å². The van der Waals surface area contributed by atoms with Crippen LogP contribution in [0, 0.1) is 26.7 Å². The molecule has 0 radical (unpaired) electrons. The van der Waals surface area contributed by atoms with E-state index in [2.05, 4.69) is 45.9 Å². The summed E-state index contributed by atoms with van der Waals surface area (Å²) < 4.78 is 3.77. The summed E-state index contributed by atoms with van der Waals surface area (Å²) in [5, 5.41) is 0.534. The van der Waals surface area contributed by atoms with Gasteiger partial charge in [-0.05, 0) is 68.5 Å². The number of rotatable bonds is 4. The molecule has 32 heavy (non-hydrogen) atoms. The van der Waals surface area contributed by atoms with Crippen LogP contribution in [0.25, 0.3) is 38.9 Å². The van der Waals surface area contributed by atoms with Crippen molar-refractivity contribution in [2.45, 2.75) is 47.6 Å². The molecule has 0 fully saturated rings. The molecule has 0 aliphatic rings. The summed E-state index contributed by atoms with van der Waals surface area (Å²) in [4.78, 5) is 28.5. The number of nitrogens with zero attached hydrogens (tertiary/aromatic N) is 5. The Morgan fingerprint density at radius 1 is 0.875 bits per heavy atom. The van der Waals surface area contributed by atoms with Crippen molar-refractivity contribution in [2.75, 3.05) is 0 Å². The molecule has 162 valence electrons. The van der Waals surface area contributed by atoms with Gasteiger partial charge in [0.25, 0.3) is 5.56 Å². The minimum absolute atomic E-state index is 0.0501. The van der Waals surface area contributed by atoms with E-state index in [9.17, 15) is 4.79 Å². The third-order valence-corrected chi connectivity index (χ3v) is 5.95. The van der Waals surface area contributed by atoms with Crippen LogP contribution in [-0.2, 0) is 6.54 Å². The van der Waals surface area contributed by atoms with E-state index in [1.54, 1.807) is 4.57 Å². The number of aromatic nitrogens is 5. The van der Waals surface area contributed by atoms with Crippen LogP contribution < -0.4 is 5.56 Å². The zero-order chi connectivity index (χ0) is 22.6. The summed E-state index contributed by atoms with van der Waals surface area (Å²) >= 11 is 0. The van der Waals surface area contributed by atoms with Crippen LogP contribution in [0.4, 0.5) is 0 Å². The SMILES string of the molecule is Cc1cc(C)cc(-n2c3nc4ccccc4nc3c3c(=O)n(CCC(C)C)c(C)nc32)c1. The highest BCUT2D eigenvalue weighted by molar-refractivity contribution is 6.05. The van der Waals surface area contributed by atoms with Gasteiger partial charge >= 0.3 is 0 Å². The fraction of sp³-hybridized carbons (Fsp3) is 0.308. The van der Waals surface area contributed by atoms with Crippen LogP contribution in [0.3, 0.4) is 0 Å². The number of benzene rings is 2. The molecule has 0 saturated carbocycles. The highest BCUT2D eigenvalue weighted by Gasteiger charge is 2.22. The lowest BCUT2D eigenvalue weighted by Crippen LogP contribution is -2.24. The summed E-state index contributed by atoms with van der Waals surface area (Å²) in [5.41, 5.74) is 6.63. The maximum absolute atomic E-state index is 13.7. The van der Waals surface area contributed by atoms with Gasteiger partial charge in [-0.2, -0.15) is 0 Å². The molecule has 2 aromatic carbocycles. The fourth-order valence-electron chi connectivity index (χ4n) is 4.41. The van der Waals surface area contributed by atoms with Crippen LogP contribution in [0.5, 0.6) is 0 Å². The average Bonchev–Trinajstić information content (AvgIpc) is 3.03. The second-order valence-electron chi connectivity index (χ2n) is 9.06. The number of hydrogen-bond donors (Lipinski definition) is 0. The zero-order valence-electron chi connectivity index (χ0n) is 19.2. The van der Waals surface area contributed by atoms with Crippen LogP contribution in [0.1, 0.15) is 37.2 Å². The standard InChI is InChI=1S/C26H27N5O/c1-15(2)10-11-30-18(5)27-24-22(26(30)32)23-25(29-21-9-7-6-8-20(21)28-23)31(24)19-13-16(3)12-17(4)14-19/h6-9,12-15H,10-11H2,1-5H3. The Balaban J connectivity index is 1.94. The van der Waals surface area contributed by atoms with Crippen molar-refractivity contribution in [3.63, 3.8) is 0 Å². The van der Waals surface area contributed by atoms with E-state index in [0.29, 0.717) is 40.5 Å². The molecule has 0 spiro atoms. The number of hydrogen-bond acceptors (Lipinski definition) is 4. The van der Waals surface area contributed by atoms with E-state index < -0.39 is 0 Å². The molecular weight excluding hydrogens is 398 g/mol. The largest absolute Gasteiger partial charge is 0.296 e. The van der Waals surface area contributed by atoms with E-state index in [1.807, 2.05) is 35.8 Å². The molecule has 0 bridgehead atoms. The molecular formula is C26H27N5O. The maximum atomic E-state index is 13.7. The van der Waals surface area contributed by atoms with Gasteiger partial charge in [0.2, 0.25) is 0 Å². The van der Waals surface area contributed by atoms with Crippen molar-refractivity contribution >= 4 is 33.2 Å². The average molecular weight is 426 g/mol. The molecule has 0 amide bonds. The van der Waals surface area contributed by atoms with E-state index in [-0.39, 0.29) is 5.56 Å². The van der Waals surface area contributed by atoms with Gasteiger partial charge in [-0.3, -0.25) is 13.9 Å². The Labute approximate surface area is 186 Å². The predicted octanol–water partition coefficient (Wildman–Crippen LogP) is 5.25. The third kappa shape index (κ3) is 3.27. The minimum atomic E-state index is -0.0501. The van der Waals surface area contributed by atoms with Crippen molar-refractivity contribution in [3.8, 4) is 5.69 Å². The molecule has 5 rings (SSSR count). The predicted molar refractivity (Wildman–Crippen MR) is 130 cm³/mol. The van der Waals surface area contributed by atoms with Crippen LogP contribution in [-0.4, -0.2) is 24.1 Å². The van der Waals surface area contributed by atoms with Crippen molar-refractivity contribution in [2.24, 2.45) is 5.92 Å². The second-order valence-corrected chi connectivity index (χ2v) is 9.06. The first-order chi connectivity index (χ1) is 15.3. The van der Waals surface area contributed by atoms with Gasteiger partial charge in [0.05, 0.1) is 11.0 Å². The normalized spacial score (nSPS) is 11.9. The molecule has 0 unspecified atom stereocenters. The summed E-state index contributed by atoms with van der Waals surface area (Å²) in [7, 11) is 0. The van der Waals surface area contributed by atoms with Crippen molar-refractivity contribution < 1.29 is 0 Å². The smallest absolute Gasteiger partial charge is 0.265 e. The fourth-order valence-corrected chi connectivity index (χ4v) is 4.41. The third-order valence-electron chi connectivity index (χ3n) is 5.95. The molecule has 0 atom stereocenters. The molecule has 6 nitrogen and oxygen atoms in total. The Bertz CT molecular complexity index is 1540. The molecule has 0 aliphatic carbocycles. The van der Waals surface area contributed by atoms with Gasteiger partial charge in [-0.15, -0.1) is 0 Å². The molecule has 6 heteroatoms. The summed E-state index contributed by atoms with van der Waals surface area (Å²) in [6.45, 7) is 11.0. The van der Waals surface area contributed by atoms with Gasteiger partial charge in [0.15, 0.2) is 11.3 Å². The molecule has 3 heterocycles. The summed E-state index contributed by atoms with van der Waals surface area (Å²) in [6, 6.07) is 14.1. The molecule has 0 saturated heterocycles. The molecule has 0 aliphatic heterocycles. The second kappa shape index (κ2) is 7.55. The Morgan fingerprint density at radius 3 is 2.19 bits per heavy atom. The highest BCUT2D eigenvalue weighted by atomic mass is 16.1. The van der Waals surface area contributed by atoms with Crippen LogP contribution in [0.2, 0.25) is 0 Å². The minimum Gasteiger partial charge on any atom is -0.296 e. The first kappa shape index (κ1) is 20.4. The van der Waals surface area contributed by atoms with E-state index in [1.165, 1.54) is 0 Å².